The summed E-state index contributed by atoms with van der Waals surface area (Å²) in [4.78, 5) is 0. The number of allylic oxidation sites excluding steroid dienone is 2. The molecular formula is C18H14Cl2FN. The van der Waals surface area contributed by atoms with Crippen LogP contribution in [0.5, 0.6) is 0 Å². The zero-order chi connectivity index (χ0) is 15.3. The zero-order valence-corrected chi connectivity index (χ0v) is 13.2. The van der Waals surface area contributed by atoms with E-state index in [1.54, 1.807) is 0 Å². The Balaban J connectivity index is 1.82. The van der Waals surface area contributed by atoms with Crippen molar-refractivity contribution < 1.29 is 4.39 Å². The lowest BCUT2D eigenvalue weighted by atomic mass is 9.77. The van der Waals surface area contributed by atoms with Crippen molar-refractivity contribution in [2.24, 2.45) is 5.92 Å². The fraction of sp³-hybridized carbons (Fsp3) is 0.222. The van der Waals surface area contributed by atoms with Crippen molar-refractivity contribution in [1.29, 1.82) is 0 Å². The molecule has 2 aliphatic rings. The van der Waals surface area contributed by atoms with Crippen molar-refractivity contribution in [2.45, 2.75) is 18.4 Å². The SMILES string of the molecule is Fc1ccc([C@@H]2Nc3c(ccc(Cl)c3Cl)[C@H]3C=CC[C@@H]32)cc1. The molecule has 1 aliphatic carbocycles. The van der Waals surface area contributed by atoms with Gasteiger partial charge in [0, 0.05) is 5.92 Å². The van der Waals surface area contributed by atoms with Crippen LogP contribution in [-0.4, -0.2) is 0 Å². The van der Waals surface area contributed by atoms with Crippen molar-refractivity contribution in [3.63, 3.8) is 0 Å². The van der Waals surface area contributed by atoms with Crippen LogP contribution >= 0.6 is 23.2 Å². The summed E-state index contributed by atoms with van der Waals surface area (Å²) in [6.07, 6.45) is 5.45. The first-order chi connectivity index (χ1) is 10.6. The molecule has 3 atom stereocenters. The Bertz CT molecular complexity index is 754. The molecular weight excluding hydrogens is 320 g/mol. The van der Waals surface area contributed by atoms with Crippen LogP contribution in [0.3, 0.4) is 0 Å². The number of anilines is 1. The van der Waals surface area contributed by atoms with E-state index in [1.165, 1.54) is 17.7 Å². The van der Waals surface area contributed by atoms with Gasteiger partial charge in [0.05, 0.1) is 21.8 Å². The van der Waals surface area contributed by atoms with Gasteiger partial charge in [0.1, 0.15) is 5.82 Å². The van der Waals surface area contributed by atoms with Crippen LogP contribution in [0, 0.1) is 11.7 Å². The van der Waals surface area contributed by atoms with Gasteiger partial charge in [0.25, 0.3) is 0 Å². The molecule has 0 aromatic heterocycles. The normalized spacial score (nSPS) is 25.5. The smallest absolute Gasteiger partial charge is 0.123 e. The van der Waals surface area contributed by atoms with Crippen LogP contribution in [0.15, 0.2) is 48.6 Å². The number of hydrogen-bond acceptors (Lipinski definition) is 1. The standard InChI is InChI=1S/C18H14Cl2FN/c19-15-9-8-14-12-2-1-3-13(12)17(22-18(14)16(15)20)10-4-6-11(21)7-5-10/h1-2,4-9,12-13,17,22H,3H2/t12-,13-,17-/m0/s1. The van der Waals surface area contributed by atoms with Crippen LogP contribution in [-0.2, 0) is 0 Å². The van der Waals surface area contributed by atoms with Gasteiger partial charge in [0.2, 0.25) is 0 Å². The van der Waals surface area contributed by atoms with E-state index in [0.717, 1.165) is 17.7 Å². The lowest BCUT2D eigenvalue weighted by molar-refractivity contribution is 0.425. The molecule has 1 nitrogen and oxygen atoms in total. The minimum absolute atomic E-state index is 0.101. The molecule has 0 spiro atoms. The van der Waals surface area contributed by atoms with Gasteiger partial charge in [-0.15, -0.1) is 0 Å². The van der Waals surface area contributed by atoms with E-state index >= 15 is 0 Å². The quantitative estimate of drug-likeness (QED) is 0.635. The molecule has 1 aliphatic heterocycles. The van der Waals surface area contributed by atoms with Gasteiger partial charge in [-0.2, -0.15) is 0 Å². The summed E-state index contributed by atoms with van der Waals surface area (Å²) in [5.41, 5.74) is 3.16. The van der Waals surface area contributed by atoms with Gasteiger partial charge in [-0.1, -0.05) is 53.6 Å². The van der Waals surface area contributed by atoms with E-state index in [1.807, 2.05) is 24.3 Å². The molecule has 0 unspecified atom stereocenters. The topological polar surface area (TPSA) is 12.0 Å². The largest absolute Gasteiger partial charge is 0.376 e. The minimum Gasteiger partial charge on any atom is -0.376 e. The van der Waals surface area contributed by atoms with Crippen LogP contribution in [0.1, 0.15) is 29.5 Å². The predicted octanol–water partition coefficient (Wildman–Crippen LogP) is 5.96. The second-order valence-corrected chi connectivity index (χ2v) is 6.64. The third-order valence-corrected chi connectivity index (χ3v) is 5.46. The summed E-state index contributed by atoms with van der Waals surface area (Å²) in [7, 11) is 0. The molecule has 0 bridgehead atoms. The van der Waals surface area contributed by atoms with Gasteiger partial charge in [-0.3, -0.25) is 0 Å². The molecule has 1 N–H and O–H groups in total. The van der Waals surface area contributed by atoms with Gasteiger partial charge < -0.3 is 5.32 Å². The Morgan fingerprint density at radius 1 is 1.05 bits per heavy atom. The van der Waals surface area contributed by atoms with Crippen molar-refractivity contribution in [2.75, 3.05) is 5.32 Å². The van der Waals surface area contributed by atoms with E-state index in [4.69, 9.17) is 23.2 Å². The number of fused-ring (bicyclic) bond motifs is 3. The molecule has 1 heterocycles. The van der Waals surface area contributed by atoms with Gasteiger partial charge in [0.15, 0.2) is 0 Å². The summed E-state index contributed by atoms with van der Waals surface area (Å²) >= 11 is 12.6. The summed E-state index contributed by atoms with van der Waals surface area (Å²) < 4.78 is 13.2. The Morgan fingerprint density at radius 3 is 2.59 bits per heavy atom. The molecule has 2 aromatic carbocycles. The fourth-order valence-corrected chi connectivity index (χ4v) is 3.99. The Labute approximate surface area is 138 Å². The van der Waals surface area contributed by atoms with E-state index < -0.39 is 0 Å². The Kier molecular flexibility index (Phi) is 3.39. The highest BCUT2D eigenvalue weighted by Crippen LogP contribution is 2.52. The third kappa shape index (κ3) is 2.13. The van der Waals surface area contributed by atoms with Gasteiger partial charge >= 0.3 is 0 Å². The van der Waals surface area contributed by atoms with Gasteiger partial charge in [-0.25, -0.2) is 4.39 Å². The Hall–Kier alpha value is -1.51. The molecule has 4 rings (SSSR count). The first-order valence-corrected chi connectivity index (χ1v) is 8.07. The summed E-state index contributed by atoms with van der Waals surface area (Å²) in [5, 5.41) is 4.64. The summed E-state index contributed by atoms with van der Waals surface area (Å²) in [5.74, 6) is 0.512. The highest BCUT2D eigenvalue weighted by atomic mass is 35.5. The minimum atomic E-state index is -0.220. The summed E-state index contributed by atoms with van der Waals surface area (Å²) in [6.45, 7) is 0. The number of rotatable bonds is 1. The molecule has 0 radical (unpaired) electrons. The maximum absolute atomic E-state index is 13.2. The number of nitrogens with one attached hydrogen (secondary N) is 1. The summed E-state index contributed by atoms with van der Waals surface area (Å²) in [6, 6.07) is 10.7. The molecule has 0 fully saturated rings. The lowest BCUT2D eigenvalue weighted by Gasteiger charge is -2.38. The third-order valence-electron chi connectivity index (χ3n) is 4.66. The van der Waals surface area contributed by atoms with E-state index in [9.17, 15) is 4.39 Å². The number of hydrogen-bond donors (Lipinski definition) is 1. The van der Waals surface area contributed by atoms with Crippen molar-refractivity contribution >= 4 is 28.9 Å². The highest BCUT2D eigenvalue weighted by Gasteiger charge is 2.38. The fourth-order valence-electron chi connectivity index (χ4n) is 3.60. The second kappa shape index (κ2) is 5.29. The van der Waals surface area contributed by atoms with Gasteiger partial charge in [-0.05, 0) is 41.7 Å². The van der Waals surface area contributed by atoms with Crippen LogP contribution in [0.25, 0.3) is 0 Å². The van der Waals surface area contributed by atoms with Crippen molar-refractivity contribution in [1.82, 2.24) is 0 Å². The molecule has 0 saturated carbocycles. The van der Waals surface area contributed by atoms with Crippen molar-refractivity contribution in [3.05, 3.63) is 75.5 Å². The van der Waals surface area contributed by atoms with Crippen LogP contribution < -0.4 is 5.32 Å². The number of benzene rings is 2. The second-order valence-electron chi connectivity index (χ2n) is 5.85. The molecule has 2 aromatic rings. The van der Waals surface area contributed by atoms with E-state index in [0.29, 0.717) is 21.9 Å². The zero-order valence-electron chi connectivity index (χ0n) is 11.7. The van der Waals surface area contributed by atoms with Crippen molar-refractivity contribution in [3.8, 4) is 0 Å². The molecule has 112 valence electrons. The number of halogens is 3. The maximum Gasteiger partial charge on any atom is 0.123 e. The molecule has 0 amide bonds. The first kappa shape index (κ1) is 14.1. The van der Waals surface area contributed by atoms with E-state index in [2.05, 4.69) is 17.5 Å². The molecule has 4 heteroatoms. The lowest BCUT2D eigenvalue weighted by Crippen LogP contribution is -2.29. The monoisotopic (exact) mass is 333 g/mol. The van der Waals surface area contributed by atoms with E-state index in [-0.39, 0.29) is 11.9 Å². The Morgan fingerprint density at radius 2 is 1.82 bits per heavy atom. The maximum atomic E-state index is 13.2. The highest BCUT2D eigenvalue weighted by molar-refractivity contribution is 6.43. The van der Waals surface area contributed by atoms with Crippen LogP contribution in [0.4, 0.5) is 10.1 Å². The average molecular weight is 334 g/mol. The average Bonchev–Trinajstić information content (AvgIpc) is 3.01. The molecule has 22 heavy (non-hydrogen) atoms. The van der Waals surface area contributed by atoms with Crippen LogP contribution in [0.2, 0.25) is 10.0 Å². The molecule has 0 saturated heterocycles. The first-order valence-electron chi connectivity index (χ1n) is 7.31. The predicted molar refractivity (Wildman–Crippen MR) is 89.2 cm³/mol.